The van der Waals surface area contributed by atoms with E-state index in [1.807, 2.05) is 0 Å². The maximum Gasteiger partial charge on any atom is 0.235 e. The van der Waals surface area contributed by atoms with Gasteiger partial charge in [0, 0.05) is 11.1 Å². The number of hydrogen-bond donors (Lipinski definition) is 5. The van der Waals surface area contributed by atoms with Crippen LogP contribution in [0, 0.1) is 40.4 Å². The molecule has 4 rings (SSSR count). The summed E-state index contributed by atoms with van der Waals surface area (Å²) in [6, 6.07) is 2.66. The van der Waals surface area contributed by atoms with Gasteiger partial charge in [-0.05, 0) is 44.6 Å². The molecule has 3 aliphatic carbocycles. The highest BCUT2D eigenvalue weighted by atomic mass is 32.2. The monoisotopic (exact) mass is 584 g/mol. The zero-order valence-corrected chi connectivity index (χ0v) is 23.2. The predicted octanol–water partition coefficient (Wildman–Crippen LogP) is -3.29. The molecule has 0 aliphatic heterocycles. The number of amides is 1. The zero-order chi connectivity index (χ0) is 30.9. The molecule has 1 aromatic rings. The fourth-order valence-electron chi connectivity index (χ4n) is 6.63. The third-order valence-electron chi connectivity index (χ3n) is 8.12. The van der Waals surface area contributed by atoms with Crippen molar-refractivity contribution in [3.8, 4) is 23.7 Å². The number of ketones is 4. The van der Waals surface area contributed by atoms with Crippen molar-refractivity contribution < 1.29 is 37.5 Å². The van der Waals surface area contributed by atoms with Gasteiger partial charge in [-0.1, -0.05) is 11.8 Å². The van der Waals surface area contributed by atoms with Crippen LogP contribution in [0.5, 0.6) is 5.75 Å². The number of hydrogen-bond acceptors (Lipinski definition) is 12. The van der Waals surface area contributed by atoms with Gasteiger partial charge >= 0.3 is 0 Å². The summed E-state index contributed by atoms with van der Waals surface area (Å²) in [6.07, 6.45) is 0.106. The third kappa shape index (κ3) is 4.16. The second kappa shape index (κ2) is 9.54. The van der Waals surface area contributed by atoms with Crippen molar-refractivity contribution in [3.63, 3.8) is 0 Å². The predicted molar refractivity (Wildman–Crippen MR) is 141 cm³/mol. The molecule has 2 unspecified atom stereocenters. The maximum absolute atomic E-state index is 14.3. The highest BCUT2D eigenvalue weighted by molar-refractivity contribution is 7.88. The van der Waals surface area contributed by atoms with Crippen LogP contribution in [-0.4, -0.2) is 91.5 Å². The minimum absolute atomic E-state index is 0.145. The minimum Gasteiger partial charge on any atom is -0.507 e. The average Bonchev–Trinajstić information content (AvgIpc) is 2.81. The number of likely N-dealkylation sites (N-methyl/N-ethyl adjacent to an activating group) is 1. The van der Waals surface area contributed by atoms with E-state index >= 15 is 0 Å². The first kappa shape index (κ1) is 30.0. The van der Waals surface area contributed by atoms with Crippen LogP contribution in [0.25, 0.3) is 0 Å². The Balaban J connectivity index is 1.94. The van der Waals surface area contributed by atoms with E-state index in [1.165, 1.54) is 25.1 Å². The molecule has 0 aromatic heterocycles. The van der Waals surface area contributed by atoms with Crippen LogP contribution < -0.4 is 21.9 Å². The lowest BCUT2D eigenvalue weighted by molar-refractivity contribution is -0.166. The van der Waals surface area contributed by atoms with E-state index in [2.05, 4.69) is 16.6 Å². The molecule has 0 spiro atoms. The summed E-state index contributed by atoms with van der Waals surface area (Å²) in [4.78, 5) is 68.8. The fraction of sp³-hybridized carbons (Fsp3) is 0.462. The van der Waals surface area contributed by atoms with Crippen molar-refractivity contribution in [1.82, 2.24) is 9.62 Å². The normalized spacial score (nSPS) is 32.8. The van der Waals surface area contributed by atoms with Crippen molar-refractivity contribution >= 4 is 39.1 Å². The van der Waals surface area contributed by atoms with Gasteiger partial charge in [0.1, 0.15) is 11.7 Å². The summed E-state index contributed by atoms with van der Waals surface area (Å²) in [5, 5.41) is 21.0. The van der Waals surface area contributed by atoms with Crippen LogP contribution in [0.4, 0.5) is 0 Å². The summed E-state index contributed by atoms with van der Waals surface area (Å²) in [5.74, 6) is -5.24. The van der Waals surface area contributed by atoms with E-state index in [-0.39, 0.29) is 29.7 Å². The van der Waals surface area contributed by atoms with Crippen LogP contribution in [0.1, 0.15) is 27.9 Å². The van der Waals surface area contributed by atoms with Crippen LogP contribution in [-0.2, 0) is 35.6 Å². The SMILES string of the molecule is CN(C)[C@@H]1C(=O)C(C(N)=O)C(=O)[C@@]2(C#N)C(=O)C3C(=O)c4c(O)ccc(C#CCNS(C)(=O)=O)c4C[C@@]3(N)C[C@@]12N. The molecular formula is C26H28N6O8S. The maximum atomic E-state index is 14.3. The smallest absolute Gasteiger partial charge is 0.235 e. The number of Topliss-reactive ketones (excluding diaryl/α,β-unsaturated/α-hetero) is 4. The topological polar surface area (TPSA) is 257 Å². The number of nitrogens with zero attached hydrogens (tertiary/aromatic N) is 2. The largest absolute Gasteiger partial charge is 0.507 e. The Hall–Kier alpha value is -3.99. The van der Waals surface area contributed by atoms with Crippen molar-refractivity contribution in [3.05, 3.63) is 28.8 Å². The molecular weight excluding hydrogens is 556 g/mol. The number of aromatic hydroxyl groups is 1. The number of benzene rings is 1. The zero-order valence-electron chi connectivity index (χ0n) is 22.3. The molecule has 3 aliphatic rings. The van der Waals surface area contributed by atoms with Gasteiger partial charge in [-0.25, -0.2) is 13.1 Å². The van der Waals surface area contributed by atoms with Crippen LogP contribution >= 0.6 is 0 Å². The van der Waals surface area contributed by atoms with E-state index in [1.54, 1.807) is 6.07 Å². The summed E-state index contributed by atoms with van der Waals surface area (Å²) in [7, 11) is -0.718. The van der Waals surface area contributed by atoms with E-state index in [0.29, 0.717) is 0 Å². The van der Waals surface area contributed by atoms with E-state index < -0.39 is 85.6 Å². The number of rotatable bonds is 4. The molecule has 14 nitrogen and oxygen atoms in total. The van der Waals surface area contributed by atoms with Gasteiger partial charge in [-0.3, -0.25) is 28.9 Å². The highest BCUT2D eigenvalue weighted by Gasteiger charge is 2.78. The molecule has 2 saturated carbocycles. The molecule has 15 heteroatoms. The van der Waals surface area contributed by atoms with E-state index in [0.717, 1.165) is 12.3 Å². The van der Waals surface area contributed by atoms with Crippen molar-refractivity contribution in [2.75, 3.05) is 26.9 Å². The first-order chi connectivity index (χ1) is 18.9. The first-order valence-electron chi connectivity index (χ1n) is 12.3. The Morgan fingerprint density at radius 1 is 1.20 bits per heavy atom. The summed E-state index contributed by atoms with van der Waals surface area (Å²) < 4.78 is 24.9. The summed E-state index contributed by atoms with van der Waals surface area (Å²) in [6.45, 7) is -0.260. The number of carbonyl (C=O) groups excluding carboxylic acids is 5. The van der Waals surface area contributed by atoms with Crippen molar-refractivity contribution in [2.24, 2.45) is 34.5 Å². The van der Waals surface area contributed by atoms with Gasteiger partial charge in [0.2, 0.25) is 15.9 Å². The number of nitrogens with two attached hydrogens (primary N) is 3. The van der Waals surface area contributed by atoms with Gasteiger partial charge in [-0.15, -0.1) is 0 Å². The van der Waals surface area contributed by atoms with Gasteiger partial charge in [0.05, 0.1) is 36.0 Å². The Morgan fingerprint density at radius 2 is 1.83 bits per heavy atom. The van der Waals surface area contributed by atoms with Gasteiger partial charge in [0.25, 0.3) is 0 Å². The lowest BCUT2D eigenvalue weighted by Gasteiger charge is -2.60. The number of nitriles is 1. The molecule has 0 saturated heterocycles. The number of phenolic OH excluding ortho intramolecular Hbond substituents is 1. The number of carbonyl (C=O) groups is 5. The Bertz CT molecular complexity index is 1650. The highest BCUT2D eigenvalue weighted by Crippen LogP contribution is 2.56. The number of nitrogens with one attached hydrogen (secondary N) is 1. The minimum atomic E-state index is -3.53. The molecule has 1 aromatic carbocycles. The standard InChI is InChI=1S/C26H28N6O8S/c1-32(2)20-19(35)16(23(28)38)21(36)25(11-27)22(37)17-18(34)15-13(9-24(17,29)10-26(20,25)30)12(6-7-14(15)33)5-4-8-31-41(3,39)40/h6-7,16-17,20,31,33H,8-10,29-30H2,1-3H3,(H2,28,38)/t16?,17?,20-,24-,25+,26-/m1/s1. The Labute approximate surface area is 235 Å². The lowest BCUT2D eigenvalue weighted by atomic mass is 9.42. The lowest BCUT2D eigenvalue weighted by Crippen LogP contribution is -2.85. The Kier molecular flexibility index (Phi) is 6.98. The van der Waals surface area contributed by atoms with Crippen LogP contribution in [0.3, 0.4) is 0 Å². The number of phenols is 1. The summed E-state index contributed by atoms with van der Waals surface area (Å²) in [5.41, 5.74) is 11.9. The molecule has 216 valence electrons. The van der Waals surface area contributed by atoms with Gasteiger partial charge < -0.3 is 22.3 Å². The molecule has 41 heavy (non-hydrogen) atoms. The number of primary amides is 1. The van der Waals surface area contributed by atoms with E-state index in [4.69, 9.17) is 17.2 Å². The molecule has 2 fully saturated rings. The number of fused-ring (bicyclic) bond motifs is 3. The Morgan fingerprint density at radius 3 is 2.37 bits per heavy atom. The molecule has 0 bridgehead atoms. The van der Waals surface area contributed by atoms with Gasteiger partial charge in [-0.2, -0.15) is 5.26 Å². The van der Waals surface area contributed by atoms with E-state index in [9.17, 15) is 42.8 Å². The van der Waals surface area contributed by atoms with Gasteiger partial charge in [0.15, 0.2) is 34.5 Å². The first-order valence-corrected chi connectivity index (χ1v) is 14.2. The molecule has 6 atom stereocenters. The average molecular weight is 585 g/mol. The number of sulfonamides is 1. The van der Waals surface area contributed by atoms with Crippen molar-refractivity contribution in [1.29, 1.82) is 5.26 Å². The summed E-state index contributed by atoms with van der Waals surface area (Å²) >= 11 is 0. The molecule has 0 radical (unpaired) electrons. The molecule has 0 heterocycles. The van der Waals surface area contributed by atoms with Crippen LogP contribution in [0.15, 0.2) is 12.1 Å². The second-order valence-electron chi connectivity index (χ2n) is 11.0. The molecule has 1 amide bonds. The molecule has 8 N–H and O–H groups in total. The quantitative estimate of drug-likeness (QED) is 0.172. The fourth-order valence-corrected chi connectivity index (χ4v) is 6.97. The second-order valence-corrected chi connectivity index (χ2v) is 12.8. The third-order valence-corrected chi connectivity index (χ3v) is 8.79. The van der Waals surface area contributed by atoms with Crippen LogP contribution in [0.2, 0.25) is 0 Å². The van der Waals surface area contributed by atoms with Crippen molar-refractivity contribution in [2.45, 2.75) is 30.0 Å².